The first-order valence-corrected chi connectivity index (χ1v) is 8.77. The average Bonchev–Trinajstić information content (AvgIpc) is 2.41. The van der Waals surface area contributed by atoms with E-state index >= 15 is 0 Å². The van der Waals surface area contributed by atoms with Gasteiger partial charge in [0.25, 0.3) is 0 Å². The van der Waals surface area contributed by atoms with Crippen LogP contribution in [0, 0.1) is 0 Å². The molecule has 1 saturated heterocycles. The molecule has 0 aliphatic carbocycles. The second kappa shape index (κ2) is 5.81. The molecule has 0 radical (unpaired) electrons. The van der Waals surface area contributed by atoms with Crippen molar-refractivity contribution in [3.63, 3.8) is 0 Å². The summed E-state index contributed by atoms with van der Waals surface area (Å²) in [4.78, 5) is 0.210. The standard InChI is InChI=1S/C13H19BrN2O2S/c1-2-11-5-3-4-8-16(11)19(17,18)13-9-10(14)6-7-12(13)15/h6-7,9,11H,2-5,8,15H2,1H3. The molecule has 106 valence electrons. The lowest BCUT2D eigenvalue weighted by Crippen LogP contribution is -2.43. The minimum atomic E-state index is -3.50. The highest BCUT2D eigenvalue weighted by Gasteiger charge is 2.33. The summed E-state index contributed by atoms with van der Waals surface area (Å²) < 4.78 is 27.9. The number of anilines is 1. The summed E-state index contributed by atoms with van der Waals surface area (Å²) in [5.41, 5.74) is 6.15. The van der Waals surface area contributed by atoms with Gasteiger partial charge < -0.3 is 5.73 Å². The molecular formula is C13H19BrN2O2S. The molecule has 1 aromatic rings. The fraction of sp³-hybridized carbons (Fsp3) is 0.538. The third-order valence-corrected chi connectivity index (χ3v) is 6.11. The minimum absolute atomic E-state index is 0.0946. The molecule has 0 bridgehead atoms. The molecule has 0 saturated carbocycles. The quantitative estimate of drug-likeness (QED) is 0.855. The van der Waals surface area contributed by atoms with Crippen LogP contribution >= 0.6 is 15.9 Å². The summed E-state index contributed by atoms with van der Waals surface area (Å²) in [6.07, 6.45) is 3.79. The highest BCUT2D eigenvalue weighted by atomic mass is 79.9. The lowest BCUT2D eigenvalue weighted by atomic mass is 10.0. The fourth-order valence-electron chi connectivity index (χ4n) is 2.56. The van der Waals surface area contributed by atoms with Gasteiger partial charge in [0.05, 0.1) is 5.69 Å². The molecule has 0 amide bonds. The van der Waals surface area contributed by atoms with Crippen molar-refractivity contribution in [1.29, 1.82) is 0 Å². The molecule has 1 atom stereocenters. The molecule has 1 aliphatic rings. The number of rotatable bonds is 3. The summed E-state index contributed by atoms with van der Waals surface area (Å²) >= 11 is 3.31. The van der Waals surface area contributed by atoms with Crippen LogP contribution in [0.2, 0.25) is 0 Å². The summed E-state index contributed by atoms with van der Waals surface area (Å²) in [6, 6.07) is 5.06. The van der Waals surface area contributed by atoms with Gasteiger partial charge in [0.2, 0.25) is 10.0 Å². The van der Waals surface area contributed by atoms with Crippen molar-refractivity contribution >= 4 is 31.6 Å². The number of hydrogen-bond acceptors (Lipinski definition) is 3. The molecule has 1 aromatic carbocycles. The molecule has 0 spiro atoms. The van der Waals surface area contributed by atoms with Crippen LogP contribution in [-0.2, 0) is 10.0 Å². The normalized spacial score (nSPS) is 21.5. The molecule has 2 N–H and O–H groups in total. The average molecular weight is 347 g/mol. The molecule has 6 heteroatoms. The zero-order valence-electron chi connectivity index (χ0n) is 11.0. The van der Waals surface area contributed by atoms with Gasteiger partial charge in [0.1, 0.15) is 4.90 Å². The molecule has 1 aliphatic heterocycles. The summed E-state index contributed by atoms with van der Waals surface area (Å²) in [5.74, 6) is 0. The van der Waals surface area contributed by atoms with E-state index in [9.17, 15) is 8.42 Å². The van der Waals surface area contributed by atoms with E-state index < -0.39 is 10.0 Å². The third-order valence-electron chi connectivity index (χ3n) is 3.61. The Balaban J connectivity index is 2.43. The number of halogens is 1. The van der Waals surface area contributed by atoms with Crippen molar-refractivity contribution in [2.45, 2.75) is 43.5 Å². The summed E-state index contributed by atoms with van der Waals surface area (Å²) in [6.45, 7) is 2.62. The molecule has 2 rings (SSSR count). The number of nitrogen functional groups attached to an aromatic ring is 1. The topological polar surface area (TPSA) is 63.4 Å². The maximum atomic E-state index is 12.8. The van der Waals surface area contributed by atoms with E-state index in [0.717, 1.165) is 30.2 Å². The Kier molecular flexibility index (Phi) is 4.53. The molecule has 1 heterocycles. The van der Waals surface area contributed by atoms with Gasteiger partial charge in [0, 0.05) is 17.1 Å². The van der Waals surface area contributed by atoms with Gasteiger partial charge >= 0.3 is 0 Å². The number of nitrogens with zero attached hydrogens (tertiary/aromatic N) is 1. The van der Waals surface area contributed by atoms with E-state index in [1.807, 2.05) is 6.92 Å². The van der Waals surface area contributed by atoms with Crippen molar-refractivity contribution in [3.05, 3.63) is 22.7 Å². The van der Waals surface area contributed by atoms with Crippen LogP contribution in [0.1, 0.15) is 32.6 Å². The minimum Gasteiger partial charge on any atom is -0.398 e. The van der Waals surface area contributed by atoms with Crippen LogP contribution in [0.25, 0.3) is 0 Å². The van der Waals surface area contributed by atoms with Gasteiger partial charge in [-0.05, 0) is 37.5 Å². The highest BCUT2D eigenvalue weighted by molar-refractivity contribution is 9.10. The zero-order valence-corrected chi connectivity index (χ0v) is 13.4. The van der Waals surface area contributed by atoms with E-state index in [-0.39, 0.29) is 10.9 Å². The lowest BCUT2D eigenvalue weighted by Gasteiger charge is -2.34. The van der Waals surface area contributed by atoms with Crippen molar-refractivity contribution in [3.8, 4) is 0 Å². The highest BCUT2D eigenvalue weighted by Crippen LogP contribution is 2.31. The molecule has 1 fully saturated rings. The van der Waals surface area contributed by atoms with Gasteiger partial charge in [-0.2, -0.15) is 4.31 Å². The Hall–Kier alpha value is -0.590. The van der Waals surface area contributed by atoms with Gasteiger partial charge in [-0.15, -0.1) is 0 Å². The van der Waals surface area contributed by atoms with E-state index in [2.05, 4.69) is 15.9 Å². The lowest BCUT2D eigenvalue weighted by molar-refractivity contribution is 0.246. The predicted octanol–water partition coefficient (Wildman–Crippen LogP) is 2.98. The van der Waals surface area contributed by atoms with Crippen molar-refractivity contribution in [2.75, 3.05) is 12.3 Å². The second-order valence-electron chi connectivity index (χ2n) is 4.86. The Bertz CT molecular complexity index is 560. The van der Waals surface area contributed by atoms with E-state index in [0.29, 0.717) is 12.2 Å². The van der Waals surface area contributed by atoms with Crippen LogP contribution < -0.4 is 5.73 Å². The maximum Gasteiger partial charge on any atom is 0.245 e. The van der Waals surface area contributed by atoms with E-state index in [4.69, 9.17) is 5.73 Å². The van der Waals surface area contributed by atoms with Crippen LogP contribution in [-0.4, -0.2) is 25.3 Å². The Morgan fingerprint density at radius 1 is 1.42 bits per heavy atom. The molecule has 19 heavy (non-hydrogen) atoms. The van der Waals surface area contributed by atoms with Crippen LogP contribution in [0.3, 0.4) is 0 Å². The number of sulfonamides is 1. The summed E-state index contributed by atoms with van der Waals surface area (Å²) in [7, 11) is -3.50. The first kappa shape index (κ1) is 14.8. The van der Waals surface area contributed by atoms with Gasteiger partial charge in [-0.3, -0.25) is 0 Å². The Labute approximate surface area is 123 Å². The zero-order chi connectivity index (χ0) is 14.0. The van der Waals surface area contributed by atoms with Crippen LogP contribution in [0.15, 0.2) is 27.6 Å². The van der Waals surface area contributed by atoms with Crippen LogP contribution in [0.4, 0.5) is 5.69 Å². The summed E-state index contributed by atoms with van der Waals surface area (Å²) in [5, 5.41) is 0. The number of benzene rings is 1. The molecular weight excluding hydrogens is 328 g/mol. The smallest absolute Gasteiger partial charge is 0.245 e. The first-order valence-electron chi connectivity index (χ1n) is 6.53. The van der Waals surface area contributed by atoms with Gasteiger partial charge in [-0.1, -0.05) is 29.3 Å². The SMILES string of the molecule is CCC1CCCCN1S(=O)(=O)c1cc(Br)ccc1N. The van der Waals surface area contributed by atoms with Crippen molar-refractivity contribution in [2.24, 2.45) is 0 Å². The second-order valence-corrected chi connectivity index (χ2v) is 7.63. The van der Waals surface area contributed by atoms with Crippen molar-refractivity contribution < 1.29 is 8.42 Å². The fourth-order valence-corrected chi connectivity index (χ4v) is 4.98. The van der Waals surface area contributed by atoms with Gasteiger partial charge in [0.15, 0.2) is 0 Å². The van der Waals surface area contributed by atoms with E-state index in [1.165, 1.54) is 0 Å². The largest absolute Gasteiger partial charge is 0.398 e. The van der Waals surface area contributed by atoms with Crippen molar-refractivity contribution in [1.82, 2.24) is 4.31 Å². The van der Waals surface area contributed by atoms with Crippen LogP contribution in [0.5, 0.6) is 0 Å². The number of piperidine rings is 1. The molecule has 4 nitrogen and oxygen atoms in total. The Morgan fingerprint density at radius 2 is 2.16 bits per heavy atom. The maximum absolute atomic E-state index is 12.8. The predicted molar refractivity (Wildman–Crippen MR) is 80.4 cm³/mol. The Morgan fingerprint density at radius 3 is 2.84 bits per heavy atom. The van der Waals surface area contributed by atoms with E-state index in [1.54, 1.807) is 22.5 Å². The third kappa shape index (κ3) is 2.95. The monoisotopic (exact) mass is 346 g/mol. The molecule has 0 aromatic heterocycles. The molecule has 1 unspecified atom stereocenters. The van der Waals surface area contributed by atoms with Gasteiger partial charge in [-0.25, -0.2) is 8.42 Å². The first-order chi connectivity index (χ1) is 8.96. The number of nitrogens with two attached hydrogens (primary N) is 1. The number of hydrogen-bond donors (Lipinski definition) is 1.